The number of nitrogens with zero attached hydrogens (tertiary/aromatic N) is 2. The summed E-state index contributed by atoms with van der Waals surface area (Å²) < 4.78 is 15.5. The second-order valence-electron chi connectivity index (χ2n) is 6.31. The van der Waals surface area contributed by atoms with Crippen LogP contribution in [0.3, 0.4) is 0 Å². The Hall–Kier alpha value is -1.39. The smallest absolute Gasteiger partial charge is 0.142 e. The Morgan fingerprint density at radius 1 is 1.38 bits per heavy atom. The molecule has 3 nitrogen and oxygen atoms in total. The van der Waals surface area contributed by atoms with E-state index in [-0.39, 0.29) is 22.3 Å². The molecule has 1 aromatic heterocycles. The molecule has 0 saturated carbocycles. The van der Waals surface area contributed by atoms with Crippen LogP contribution in [0.5, 0.6) is 0 Å². The molecular weight excluding hydrogens is 289 g/mol. The highest BCUT2D eigenvalue weighted by Gasteiger charge is 2.24. The fourth-order valence-electron chi connectivity index (χ4n) is 2.14. The third-order valence-corrected chi connectivity index (χ3v) is 3.84. The lowest BCUT2D eigenvalue weighted by atomic mass is 9.86. The SMILES string of the molecule is CC(C)(C)C(Cn1ccnc1)NCc1ccc(Cl)c(F)c1. The minimum atomic E-state index is -0.377. The topological polar surface area (TPSA) is 29.9 Å². The molecule has 0 aliphatic carbocycles. The van der Waals surface area contributed by atoms with Crippen molar-refractivity contribution < 1.29 is 4.39 Å². The summed E-state index contributed by atoms with van der Waals surface area (Å²) in [5.74, 6) is -0.377. The molecular formula is C16H21ClFN3. The summed E-state index contributed by atoms with van der Waals surface area (Å²) in [5, 5.41) is 3.66. The lowest BCUT2D eigenvalue weighted by molar-refractivity contribution is 0.240. The number of hydrogen-bond donors (Lipinski definition) is 1. The molecule has 21 heavy (non-hydrogen) atoms. The van der Waals surface area contributed by atoms with E-state index < -0.39 is 0 Å². The summed E-state index contributed by atoms with van der Waals surface area (Å²) in [6.07, 6.45) is 5.53. The van der Waals surface area contributed by atoms with Gasteiger partial charge in [0.05, 0.1) is 11.3 Å². The minimum absolute atomic E-state index is 0.0786. The predicted molar refractivity (Wildman–Crippen MR) is 83.7 cm³/mol. The fourth-order valence-corrected chi connectivity index (χ4v) is 2.26. The van der Waals surface area contributed by atoms with Gasteiger partial charge >= 0.3 is 0 Å². The molecule has 5 heteroatoms. The Bertz CT molecular complexity index is 576. The summed E-state index contributed by atoms with van der Waals surface area (Å²) in [6.45, 7) is 7.97. The third-order valence-electron chi connectivity index (χ3n) is 3.53. The van der Waals surface area contributed by atoms with Crippen LogP contribution in [0.15, 0.2) is 36.9 Å². The summed E-state index contributed by atoms with van der Waals surface area (Å²) >= 11 is 5.71. The van der Waals surface area contributed by atoms with Crippen LogP contribution >= 0.6 is 11.6 Å². The second kappa shape index (κ2) is 6.58. The molecule has 2 rings (SSSR count). The maximum absolute atomic E-state index is 13.5. The number of nitrogens with one attached hydrogen (secondary N) is 1. The van der Waals surface area contributed by atoms with Crippen molar-refractivity contribution in [3.63, 3.8) is 0 Å². The number of aromatic nitrogens is 2. The van der Waals surface area contributed by atoms with Crippen molar-refractivity contribution in [1.29, 1.82) is 0 Å². The molecule has 1 N–H and O–H groups in total. The molecule has 0 spiro atoms. The van der Waals surface area contributed by atoms with Gasteiger partial charge in [0.15, 0.2) is 0 Å². The van der Waals surface area contributed by atoms with Crippen LogP contribution in [-0.4, -0.2) is 15.6 Å². The predicted octanol–water partition coefficient (Wildman–Crippen LogP) is 3.88. The van der Waals surface area contributed by atoms with Gasteiger partial charge in [-0.05, 0) is 23.1 Å². The van der Waals surface area contributed by atoms with E-state index in [1.54, 1.807) is 12.3 Å². The van der Waals surface area contributed by atoms with E-state index in [4.69, 9.17) is 11.6 Å². The standard InChI is InChI=1S/C16H21ClFN3/c1-16(2,3)15(10-21-7-6-19-11-21)20-9-12-4-5-13(17)14(18)8-12/h4-8,11,15,20H,9-10H2,1-3H3. The molecule has 0 saturated heterocycles. The highest BCUT2D eigenvalue weighted by molar-refractivity contribution is 6.30. The van der Waals surface area contributed by atoms with Crippen LogP contribution in [0.25, 0.3) is 0 Å². The lowest BCUT2D eigenvalue weighted by Crippen LogP contribution is -2.43. The molecule has 1 unspecified atom stereocenters. The minimum Gasteiger partial charge on any atom is -0.336 e. The van der Waals surface area contributed by atoms with Crippen LogP contribution in [0.2, 0.25) is 5.02 Å². The lowest BCUT2D eigenvalue weighted by Gasteiger charge is -2.32. The van der Waals surface area contributed by atoms with E-state index >= 15 is 0 Å². The molecule has 0 bridgehead atoms. The maximum atomic E-state index is 13.5. The van der Waals surface area contributed by atoms with Gasteiger partial charge in [-0.2, -0.15) is 0 Å². The Morgan fingerprint density at radius 2 is 2.14 bits per heavy atom. The molecule has 114 valence electrons. The monoisotopic (exact) mass is 309 g/mol. The molecule has 0 fully saturated rings. The molecule has 1 atom stereocenters. The molecule has 0 aliphatic heterocycles. The first-order valence-electron chi connectivity index (χ1n) is 6.99. The first-order valence-corrected chi connectivity index (χ1v) is 7.37. The maximum Gasteiger partial charge on any atom is 0.142 e. The van der Waals surface area contributed by atoms with Gasteiger partial charge in [-0.1, -0.05) is 38.4 Å². The number of rotatable bonds is 5. The van der Waals surface area contributed by atoms with Crippen molar-refractivity contribution in [2.45, 2.75) is 39.9 Å². The number of halogens is 2. The molecule has 0 aliphatic rings. The van der Waals surface area contributed by atoms with Crippen molar-refractivity contribution >= 4 is 11.6 Å². The number of benzene rings is 1. The van der Waals surface area contributed by atoms with Crippen molar-refractivity contribution in [3.8, 4) is 0 Å². The van der Waals surface area contributed by atoms with Crippen molar-refractivity contribution in [2.24, 2.45) is 5.41 Å². The van der Waals surface area contributed by atoms with E-state index in [9.17, 15) is 4.39 Å². The average Bonchev–Trinajstić information content (AvgIpc) is 2.90. The fraction of sp³-hybridized carbons (Fsp3) is 0.438. The highest BCUT2D eigenvalue weighted by atomic mass is 35.5. The number of hydrogen-bond acceptors (Lipinski definition) is 2. The van der Waals surface area contributed by atoms with Crippen LogP contribution in [0, 0.1) is 11.2 Å². The van der Waals surface area contributed by atoms with Crippen molar-refractivity contribution in [1.82, 2.24) is 14.9 Å². The van der Waals surface area contributed by atoms with E-state index in [0.29, 0.717) is 6.54 Å². The van der Waals surface area contributed by atoms with Gasteiger partial charge in [0, 0.05) is 31.5 Å². The van der Waals surface area contributed by atoms with Gasteiger partial charge in [0.25, 0.3) is 0 Å². The largest absolute Gasteiger partial charge is 0.336 e. The first kappa shape index (κ1) is 16.0. The van der Waals surface area contributed by atoms with Gasteiger partial charge in [-0.15, -0.1) is 0 Å². The Labute approximate surface area is 130 Å². The zero-order chi connectivity index (χ0) is 15.5. The molecule has 1 aromatic carbocycles. The Balaban J connectivity index is 2.03. The van der Waals surface area contributed by atoms with E-state index in [1.165, 1.54) is 6.07 Å². The Kier molecular flexibility index (Phi) is 5.01. The van der Waals surface area contributed by atoms with Gasteiger partial charge < -0.3 is 9.88 Å². The van der Waals surface area contributed by atoms with Crippen molar-refractivity contribution in [3.05, 3.63) is 53.3 Å². The first-order chi connectivity index (χ1) is 9.86. The summed E-state index contributed by atoms with van der Waals surface area (Å²) in [5.41, 5.74) is 0.965. The van der Waals surface area contributed by atoms with Gasteiger partial charge in [0.1, 0.15) is 5.82 Å². The summed E-state index contributed by atoms with van der Waals surface area (Å²) in [6, 6.07) is 5.16. The summed E-state index contributed by atoms with van der Waals surface area (Å²) in [7, 11) is 0. The zero-order valence-corrected chi connectivity index (χ0v) is 13.4. The van der Waals surface area contributed by atoms with E-state index in [2.05, 4.69) is 31.1 Å². The van der Waals surface area contributed by atoms with E-state index in [0.717, 1.165) is 12.1 Å². The van der Waals surface area contributed by atoms with Gasteiger partial charge in [0.2, 0.25) is 0 Å². The molecule has 1 heterocycles. The zero-order valence-electron chi connectivity index (χ0n) is 12.6. The van der Waals surface area contributed by atoms with Crippen LogP contribution in [-0.2, 0) is 13.1 Å². The molecule has 0 amide bonds. The molecule has 2 aromatic rings. The van der Waals surface area contributed by atoms with Crippen molar-refractivity contribution in [2.75, 3.05) is 0 Å². The summed E-state index contributed by atoms with van der Waals surface area (Å²) in [4.78, 5) is 4.07. The third kappa shape index (κ3) is 4.55. The average molecular weight is 310 g/mol. The highest BCUT2D eigenvalue weighted by Crippen LogP contribution is 2.22. The second-order valence-corrected chi connectivity index (χ2v) is 6.71. The van der Waals surface area contributed by atoms with Gasteiger partial charge in [-0.3, -0.25) is 0 Å². The van der Waals surface area contributed by atoms with Crippen LogP contribution < -0.4 is 5.32 Å². The Morgan fingerprint density at radius 3 is 2.71 bits per heavy atom. The normalized spacial score (nSPS) is 13.4. The van der Waals surface area contributed by atoms with E-state index in [1.807, 2.05) is 23.2 Å². The van der Waals surface area contributed by atoms with Crippen LogP contribution in [0.4, 0.5) is 4.39 Å². The van der Waals surface area contributed by atoms with Gasteiger partial charge in [-0.25, -0.2) is 9.37 Å². The quantitative estimate of drug-likeness (QED) is 0.908. The molecule has 0 radical (unpaired) electrons. The number of imidazole rings is 1. The van der Waals surface area contributed by atoms with Crippen LogP contribution in [0.1, 0.15) is 26.3 Å².